The van der Waals surface area contributed by atoms with Crippen LogP contribution in [0.5, 0.6) is 0 Å². The van der Waals surface area contributed by atoms with Gasteiger partial charge in [0.05, 0.1) is 0 Å². The Kier molecular flexibility index (Phi) is 59.3. The van der Waals surface area contributed by atoms with Gasteiger partial charge in [-0.2, -0.15) is 0 Å². The molecule has 0 saturated heterocycles. The third kappa shape index (κ3) is 60.8. The molecule has 0 aliphatic carbocycles. The minimum Gasteiger partial charge on any atom is -0.462 e. The maximum absolute atomic E-state index is 12.9. The number of hydrogen-bond donors (Lipinski definition) is 0. The molecular formula is C69H116O6. The first-order chi connectivity index (χ1) is 37.0. The van der Waals surface area contributed by atoms with Crippen LogP contribution in [0, 0.1) is 0 Å². The number of ether oxygens (including phenoxy) is 3. The molecule has 6 heteroatoms. The molecule has 0 heterocycles. The van der Waals surface area contributed by atoms with Crippen LogP contribution in [0.25, 0.3) is 0 Å². The van der Waals surface area contributed by atoms with Gasteiger partial charge in [0.15, 0.2) is 6.10 Å². The Bertz CT molecular complexity index is 1520. The van der Waals surface area contributed by atoms with E-state index in [-0.39, 0.29) is 37.5 Å². The van der Waals surface area contributed by atoms with Crippen molar-refractivity contribution < 1.29 is 28.6 Å². The summed E-state index contributed by atoms with van der Waals surface area (Å²) in [4.78, 5) is 38.2. The zero-order valence-corrected chi connectivity index (χ0v) is 49.0. The lowest BCUT2D eigenvalue weighted by Crippen LogP contribution is -2.30. The molecule has 0 amide bonds. The van der Waals surface area contributed by atoms with Crippen molar-refractivity contribution in [2.45, 2.75) is 297 Å². The molecule has 0 aromatic carbocycles. The zero-order valence-electron chi connectivity index (χ0n) is 49.0. The van der Waals surface area contributed by atoms with Crippen molar-refractivity contribution in [1.82, 2.24) is 0 Å². The standard InChI is InChI=1S/C69H116O6/c1-4-7-10-13-16-19-22-25-27-28-29-30-31-32-33-34-35-36-37-38-39-40-42-44-47-50-53-56-59-62-68(71)74-65-66(64-73-67(70)61-58-55-52-49-46-43-24-21-18-15-12-9-6-3)75-69(72)63-60-57-54-51-48-45-41-26-23-20-17-14-11-8-5-2/h7,10,16,19,25,27,29-30,32-33,35-36,38-39,42,44,50,53,66H,4-6,8-9,11-15,17-18,20-24,26,28,31,34,37,40-41,43,45-49,51-52,54-65H2,1-3H3/b10-7-,19-16-,27-25-,30-29-,33-32-,36-35-,39-38-,44-42-,53-50-. The van der Waals surface area contributed by atoms with Crippen molar-refractivity contribution in [2.24, 2.45) is 0 Å². The van der Waals surface area contributed by atoms with Crippen molar-refractivity contribution in [3.63, 3.8) is 0 Å². The molecule has 0 aliphatic heterocycles. The first kappa shape index (κ1) is 71.1. The largest absolute Gasteiger partial charge is 0.462 e. The lowest BCUT2D eigenvalue weighted by atomic mass is 10.0. The van der Waals surface area contributed by atoms with E-state index >= 15 is 0 Å². The van der Waals surface area contributed by atoms with E-state index in [1.807, 2.05) is 0 Å². The lowest BCUT2D eigenvalue weighted by molar-refractivity contribution is -0.167. The van der Waals surface area contributed by atoms with E-state index in [1.165, 1.54) is 141 Å². The Morgan fingerprint density at radius 1 is 0.280 bits per heavy atom. The van der Waals surface area contributed by atoms with Gasteiger partial charge in [0.25, 0.3) is 0 Å². The van der Waals surface area contributed by atoms with E-state index < -0.39 is 6.10 Å². The number of carbonyl (C=O) groups is 3. The number of rotatable bonds is 56. The van der Waals surface area contributed by atoms with Crippen molar-refractivity contribution >= 4 is 17.9 Å². The van der Waals surface area contributed by atoms with E-state index in [2.05, 4.69) is 130 Å². The van der Waals surface area contributed by atoms with Gasteiger partial charge < -0.3 is 14.2 Å². The summed E-state index contributed by atoms with van der Waals surface area (Å²) in [6.45, 7) is 6.50. The molecule has 428 valence electrons. The van der Waals surface area contributed by atoms with Crippen molar-refractivity contribution in [3.8, 4) is 0 Å². The normalized spacial score (nSPS) is 12.8. The summed E-state index contributed by atoms with van der Waals surface area (Å²) in [6, 6.07) is 0. The molecule has 0 aliphatic rings. The topological polar surface area (TPSA) is 78.9 Å². The third-order valence-corrected chi connectivity index (χ3v) is 13.3. The molecule has 0 bridgehead atoms. The summed E-state index contributed by atoms with van der Waals surface area (Å²) >= 11 is 0. The van der Waals surface area contributed by atoms with Crippen LogP contribution in [-0.4, -0.2) is 37.2 Å². The Morgan fingerprint density at radius 2 is 0.520 bits per heavy atom. The predicted octanol–water partition coefficient (Wildman–Crippen LogP) is 21.4. The fraction of sp³-hybridized carbons (Fsp3) is 0.696. The van der Waals surface area contributed by atoms with Gasteiger partial charge >= 0.3 is 17.9 Å². The number of allylic oxidation sites excluding steroid dienone is 18. The highest BCUT2D eigenvalue weighted by molar-refractivity contribution is 5.71. The van der Waals surface area contributed by atoms with Gasteiger partial charge in [0, 0.05) is 19.3 Å². The Labute approximate surface area is 463 Å². The number of hydrogen-bond acceptors (Lipinski definition) is 6. The summed E-state index contributed by atoms with van der Waals surface area (Å²) in [7, 11) is 0. The molecule has 75 heavy (non-hydrogen) atoms. The van der Waals surface area contributed by atoms with Gasteiger partial charge in [-0.25, -0.2) is 0 Å². The molecule has 1 atom stereocenters. The van der Waals surface area contributed by atoms with E-state index in [0.717, 1.165) is 103 Å². The van der Waals surface area contributed by atoms with Crippen molar-refractivity contribution in [2.75, 3.05) is 13.2 Å². The van der Waals surface area contributed by atoms with Crippen LogP contribution >= 0.6 is 0 Å². The molecule has 0 spiro atoms. The highest BCUT2D eigenvalue weighted by Gasteiger charge is 2.19. The fourth-order valence-electron chi connectivity index (χ4n) is 8.62. The minimum atomic E-state index is -0.799. The molecule has 0 fully saturated rings. The van der Waals surface area contributed by atoms with E-state index in [1.54, 1.807) is 0 Å². The summed E-state index contributed by atoms with van der Waals surface area (Å²) < 4.78 is 16.8. The summed E-state index contributed by atoms with van der Waals surface area (Å²) in [5, 5.41) is 0. The molecule has 0 aromatic heterocycles. The Balaban J connectivity index is 4.40. The Hall–Kier alpha value is -3.93. The van der Waals surface area contributed by atoms with Crippen LogP contribution in [0.1, 0.15) is 290 Å². The summed E-state index contributed by atoms with van der Waals surface area (Å²) in [5.74, 6) is -0.946. The highest BCUT2D eigenvalue weighted by Crippen LogP contribution is 2.16. The van der Waals surface area contributed by atoms with Crippen LogP contribution in [0.3, 0.4) is 0 Å². The molecule has 1 unspecified atom stereocenters. The lowest BCUT2D eigenvalue weighted by Gasteiger charge is -2.18. The van der Waals surface area contributed by atoms with Crippen molar-refractivity contribution in [1.29, 1.82) is 0 Å². The van der Waals surface area contributed by atoms with Crippen LogP contribution in [-0.2, 0) is 28.6 Å². The van der Waals surface area contributed by atoms with Gasteiger partial charge in [-0.15, -0.1) is 0 Å². The molecule has 0 aromatic rings. The van der Waals surface area contributed by atoms with Gasteiger partial charge in [-0.1, -0.05) is 297 Å². The maximum Gasteiger partial charge on any atom is 0.306 e. The number of carbonyl (C=O) groups excluding carboxylic acids is 3. The van der Waals surface area contributed by atoms with Gasteiger partial charge in [-0.3, -0.25) is 14.4 Å². The highest BCUT2D eigenvalue weighted by atomic mass is 16.6. The molecule has 0 rings (SSSR count). The SMILES string of the molecule is CC/C=C\C/C=C\C/C=C\C/C=C\C/C=C\C/C=C\C/C=C\C/C=C\C/C=C\CCCC(=O)OCC(COC(=O)CCCCCCCCCCCCCCC)OC(=O)CCCCCCCCCCCCCCCCC. The van der Waals surface area contributed by atoms with Gasteiger partial charge in [-0.05, 0) is 83.5 Å². The minimum absolute atomic E-state index is 0.0926. The predicted molar refractivity (Wildman–Crippen MR) is 325 cm³/mol. The second kappa shape index (κ2) is 62.6. The van der Waals surface area contributed by atoms with Gasteiger partial charge in [0.1, 0.15) is 13.2 Å². The van der Waals surface area contributed by atoms with E-state index in [9.17, 15) is 14.4 Å². The number of unbranched alkanes of at least 4 members (excludes halogenated alkanes) is 27. The quantitative estimate of drug-likeness (QED) is 0.0261. The smallest absolute Gasteiger partial charge is 0.306 e. The fourth-order valence-corrected chi connectivity index (χ4v) is 8.62. The second-order valence-electron chi connectivity index (χ2n) is 20.6. The first-order valence-electron chi connectivity index (χ1n) is 31.4. The summed E-state index contributed by atoms with van der Waals surface area (Å²) in [5.41, 5.74) is 0. The molecule has 0 saturated carbocycles. The van der Waals surface area contributed by atoms with E-state index in [0.29, 0.717) is 19.3 Å². The van der Waals surface area contributed by atoms with Crippen LogP contribution in [0.4, 0.5) is 0 Å². The van der Waals surface area contributed by atoms with E-state index in [4.69, 9.17) is 14.2 Å². The second-order valence-corrected chi connectivity index (χ2v) is 20.6. The molecule has 0 radical (unpaired) electrons. The zero-order chi connectivity index (χ0) is 54.3. The maximum atomic E-state index is 12.9. The monoisotopic (exact) mass is 1040 g/mol. The summed E-state index contributed by atoms with van der Waals surface area (Å²) in [6.07, 6.45) is 85.2. The third-order valence-electron chi connectivity index (χ3n) is 13.3. The average molecular weight is 1040 g/mol. The van der Waals surface area contributed by atoms with Crippen LogP contribution in [0.2, 0.25) is 0 Å². The van der Waals surface area contributed by atoms with Gasteiger partial charge in [0.2, 0.25) is 0 Å². The molecule has 0 N–H and O–H groups in total. The molecular weight excluding hydrogens is 925 g/mol. The van der Waals surface area contributed by atoms with Crippen LogP contribution in [0.15, 0.2) is 109 Å². The van der Waals surface area contributed by atoms with Crippen molar-refractivity contribution in [3.05, 3.63) is 109 Å². The number of esters is 3. The molecule has 6 nitrogen and oxygen atoms in total. The first-order valence-corrected chi connectivity index (χ1v) is 31.4. The Morgan fingerprint density at radius 3 is 0.813 bits per heavy atom. The average Bonchev–Trinajstić information content (AvgIpc) is 3.41. The van der Waals surface area contributed by atoms with Crippen LogP contribution < -0.4 is 0 Å².